The molecule has 0 saturated heterocycles. The number of hydrogen-bond acceptors (Lipinski definition) is 8. The Hall–Kier alpha value is 3.28. The van der Waals surface area contributed by atoms with E-state index in [1.54, 1.807) is 0 Å². The zero-order valence-corrected chi connectivity index (χ0v) is 18.8. The van der Waals surface area contributed by atoms with Crippen molar-refractivity contribution in [2.24, 2.45) is 0 Å². The van der Waals surface area contributed by atoms with Crippen molar-refractivity contribution in [3.8, 4) is 0 Å². The molecule has 0 aliphatic heterocycles. The quantitative estimate of drug-likeness (QED) is 0.210. The van der Waals surface area contributed by atoms with Gasteiger partial charge >= 0.3 is 138 Å². The topological polar surface area (TPSA) is 215 Å². The largest absolute Gasteiger partial charge is 1.00 e. The van der Waals surface area contributed by atoms with Gasteiger partial charge in [0.05, 0.1) is 0 Å². The predicted octanol–water partition coefficient (Wildman–Crippen LogP) is -11.1. The third-order valence-corrected chi connectivity index (χ3v) is 0. The summed E-state index contributed by atoms with van der Waals surface area (Å²) in [6.45, 7) is 0. The molecule has 0 rings (SSSR count). The maximum absolute atomic E-state index is 8.63. The first-order valence-corrected chi connectivity index (χ1v) is 4.70. The molecule has 0 aromatic carbocycles. The van der Waals surface area contributed by atoms with Crippen LogP contribution in [0.15, 0.2) is 0 Å². The van der Waals surface area contributed by atoms with Crippen LogP contribution in [0.1, 0.15) is 0 Å². The zero-order valence-electron chi connectivity index (χ0n) is 8.92. The Labute approximate surface area is 204 Å². The molecule has 0 fully saturated rings. The summed E-state index contributed by atoms with van der Waals surface area (Å²) in [5.41, 5.74) is 0. The van der Waals surface area contributed by atoms with Gasteiger partial charge in [-0.15, -0.1) is 0 Å². The molecular formula is CH3K2NaO11S2. The van der Waals surface area contributed by atoms with E-state index in [9.17, 15) is 0 Å². The first kappa shape index (κ1) is 37.0. The minimum atomic E-state index is -5.17. The van der Waals surface area contributed by atoms with Crippen molar-refractivity contribution in [2.75, 3.05) is 0 Å². The smallest absolute Gasteiger partial charge is 0.759 e. The number of hydrogen-bond donors (Lipinski definition) is 3. The molecule has 0 aliphatic carbocycles. The van der Waals surface area contributed by atoms with Crippen LogP contribution in [-0.2, 0) is 20.8 Å². The van der Waals surface area contributed by atoms with Gasteiger partial charge in [-0.1, -0.05) is 0 Å². The molecular weight excluding hydrogens is 353 g/mol. The van der Waals surface area contributed by atoms with Gasteiger partial charge in [-0.2, -0.15) is 0 Å². The second-order valence-corrected chi connectivity index (χ2v) is 2.79. The van der Waals surface area contributed by atoms with Gasteiger partial charge in [0, 0.05) is 10.4 Å². The van der Waals surface area contributed by atoms with E-state index in [4.69, 9.17) is 50.1 Å². The van der Waals surface area contributed by atoms with Gasteiger partial charge in [0.15, 0.2) is 0 Å². The molecule has 0 aromatic heterocycles. The molecule has 0 aliphatic rings. The van der Waals surface area contributed by atoms with Crippen molar-refractivity contribution >= 4 is 27.0 Å². The van der Waals surface area contributed by atoms with E-state index in [2.05, 4.69) is 0 Å². The molecule has 88 valence electrons. The maximum Gasteiger partial charge on any atom is 1.00 e. The van der Waals surface area contributed by atoms with E-state index >= 15 is 0 Å². The van der Waals surface area contributed by atoms with Crippen LogP contribution in [0.4, 0.5) is 4.79 Å². The van der Waals surface area contributed by atoms with E-state index in [0.29, 0.717) is 0 Å². The fourth-order valence-electron chi connectivity index (χ4n) is 0. The molecule has 0 bridgehead atoms. The Balaban J connectivity index is -0.0000000247. The minimum absolute atomic E-state index is 0. The molecule has 16 heteroatoms. The molecule has 0 atom stereocenters. The van der Waals surface area contributed by atoms with Gasteiger partial charge in [-0.3, -0.25) is 13.0 Å². The van der Waals surface area contributed by atoms with Crippen molar-refractivity contribution in [3.05, 3.63) is 0 Å². The molecule has 0 radical (unpaired) electrons. The molecule has 0 saturated carbocycles. The van der Waals surface area contributed by atoms with E-state index in [-0.39, 0.29) is 132 Å². The summed E-state index contributed by atoms with van der Waals surface area (Å²) in [6.07, 6.45) is -1.83. The summed E-state index contributed by atoms with van der Waals surface area (Å²) in [4.78, 5) is 8.56. The third kappa shape index (κ3) is 534. The van der Waals surface area contributed by atoms with Crippen molar-refractivity contribution in [1.82, 2.24) is 0 Å². The number of rotatable bonds is 0. The van der Waals surface area contributed by atoms with Crippen molar-refractivity contribution in [1.29, 1.82) is 0 Å². The third-order valence-electron chi connectivity index (χ3n) is 0. The fraction of sp³-hybridized carbons (Fsp3) is 0. The van der Waals surface area contributed by atoms with Crippen LogP contribution in [-0.4, -0.2) is 51.4 Å². The van der Waals surface area contributed by atoms with Crippen LogP contribution in [0.2, 0.25) is 0 Å². The summed E-state index contributed by atoms with van der Waals surface area (Å²) in [5.74, 6) is 0. The molecule has 3 N–H and O–H groups in total. The van der Waals surface area contributed by atoms with Crippen LogP contribution >= 0.6 is 0 Å². The second-order valence-electron chi connectivity index (χ2n) is 1.12. The normalized spacial score (nSPS) is 8.24. The monoisotopic (exact) mass is 356 g/mol. The molecule has 11 nitrogen and oxygen atoms in total. The second kappa shape index (κ2) is 19.3. The van der Waals surface area contributed by atoms with E-state index in [1.165, 1.54) is 0 Å². The van der Waals surface area contributed by atoms with Gasteiger partial charge in [0.2, 0.25) is 10.4 Å². The first-order valence-electron chi connectivity index (χ1n) is 2.00. The zero-order chi connectivity index (χ0) is 12.6. The molecule has 17 heavy (non-hydrogen) atoms. The average Bonchev–Trinajstić information content (AvgIpc) is 1.45. The number of carboxylic acid groups (broad SMARTS) is 2. The molecule has 0 aromatic rings. The van der Waals surface area contributed by atoms with E-state index < -0.39 is 27.0 Å². The van der Waals surface area contributed by atoms with E-state index in [0.717, 1.165) is 0 Å². The van der Waals surface area contributed by atoms with Crippen molar-refractivity contribution < 1.29 is 182 Å². The maximum atomic E-state index is 8.63. The average molecular weight is 356 g/mol. The van der Waals surface area contributed by atoms with Gasteiger partial charge in [0.25, 0.3) is 0 Å². The minimum Gasteiger partial charge on any atom is -0.759 e. The Morgan fingerprint density at radius 1 is 0.882 bits per heavy atom. The Morgan fingerprint density at radius 2 is 0.882 bits per heavy atom. The molecule has 0 unspecified atom stereocenters. The molecule has 0 heterocycles. The van der Waals surface area contributed by atoms with Crippen molar-refractivity contribution in [3.63, 3.8) is 0 Å². The van der Waals surface area contributed by atoms with Crippen LogP contribution in [0.5, 0.6) is 0 Å². The van der Waals surface area contributed by atoms with Crippen LogP contribution < -0.4 is 132 Å². The predicted molar refractivity (Wildman–Crippen MR) is 33.5 cm³/mol. The van der Waals surface area contributed by atoms with Crippen LogP contribution in [0.3, 0.4) is 0 Å². The summed E-state index contributed by atoms with van der Waals surface area (Å²) in [5, 5.41) is 13.9. The number of carbonyl (C=O) groups is 1. The Bertz CT molecular complexity index is 294. The SMILES string of the molecule is O=C(O)O.O=S(=O)([O-])O.O=S(=O)([O-])[O-].[K+].[K+].[Na+]. The van der Waals surface area contributed by atoms with Gasteiger partial charge < -0.3 is 23.9 Å². The van der Waals surface area contributed by atoms with Gasteiger partial charge in [-0.05, 0) is 0 Å². The summed E-state index contributed by atoms with van der Waals surface area (Å²) >= 11 is 0. The summed E-state index contributed by atoms with van der Waals surface area (Å²) in [6, 6.07) is 0. The first-order chi connectivity index (χ1) is 5.73. The van der Waals surface area contributed by atoms with Gasteiger partial charge in [-0.25, -0.2) is 13.2 Å². The van der Waals surface area contributed by atoms with Crippen LogP contribution in [0.25, 0.3) is 0 Å². The summed E-state index contributed by atoms with van der Waals surface area (Å²) < 4.78 is 66.9. The fourth-order valence-corrected chi connectivity index (χ4v) is 0. The standard InChI is InChI=1S/CH2O3.2K.Na.2H2O4S/c2-1(3)4;;;;2*1-5(2,3)4/h(H2,2,3,4);;;;2*(H2,1,2,3,4)/q;3*+1;;/p-3. The van der Waals surface area contributed by atoms with Crippen LogP contribution in [0, 0.1) is 0 Å². The van der Waals surface area contributed by atoms with Gasteiger partial charge in [0.1, 0.15) is 0 Å². The Kier molecular flexibility index (Phi) is 41.9. The molecule has 0 amide bonds. The summed E-state index contributed by atoms with van der Waals surface area (Å²) in [7, 11) is -10.1. The van der Waals surface area contributed by atoms with Crippen molar-refractivity contribution in [2.45, 2.75) is 0 Å². The van der Waals surface area contributed by atoms with E-state index in [1.807, 2.05) is 0 Å². The molecule has 0 spiro atoms. The Morgan fingerprint density at radius 3 is 0.882 bits per heavy atom.